The van der Waals surface area contributed by atoms with Crippen molar-refractivity contribution >= 4 is 11.6 Å². The van der Waals surface area contributed by atoms with Crippen LogP contribution in [-0.4, -0.2) is 47.3 Å². The number of rotatable bonds is 6. The van der Waals surface area contributed by atoms with Crippen LogP contribution in [0.4, 0.5) is 4.39 Å². The molecule has 1 aliphatic heterocycles. The van der Waals surface area contributed by atoms with Gasteiger partial charge in [0.05, 0.1) is 6.20 Å². The molecule has 1 atom stereocenters. The molecular formula is C19H22ClFN2O2. The molecule has 134 valence electrons. The average molecular weight is 365 g/mol. The van der Waals surface area contributed by atoms with Gasteiger partial charge in [-0.15, -0.1) is 0 Å². The second-order valence-electron chi connectivity index (χ2n) is 6.39. The van der Waals surface area contributed by atoms with Crippen LogP contribution in [0.25, 0.3) is 11.1 Å². The fraction of sp³-hybridized carbons (Fsp3) is 0.421. The summed E-state index contributed by atoms with van der Waals surface area (Å²) < 4.78 is 19.1. The number of hydrogen-bond acceptors (Lipinski definition) is 4. The first kappa shape index (κ1) is 18.1. The number of likely N-dealkylation sites (tertiary alicyclic amines) is 1. The van der Waals surface area contributed by atoms with Crippen LogP contribution in [0.2, 0.25) is 5.02 Å². The van der Waals surface area contributed by atoms with E-state index in [1.54, 1.807) is 24.4 Å². The summed E-state index contributed by atoms with van der Waals surface area (Å²) in [7, 11) is 0. The zero-order chi connectivity index (χ0) is 17.6. The molecule has 0 bridgehead atoms. The van der Waals surface area contributed by atoms with E-state index < -0.39 is 11.9 Å². The van der Waals surface area contributed by atoms with Crippen molar-refractivity contribution in [1.82, 2.24) is 9.88 Å². The summed E-state index contributed by atoms with van der Waals surface area (Å²) in [5.41, 5.74) is 1.35. The summed E-state index contributed by atoms with van der Waals surface area (Å²) in [4.78, 5) is 6.12. The van der Waals surface area contributed by atoms with Gasteiger partial charge in [-0.25, -0.2) is 4.39 Å². The van der Waals surface area contributed by atoms with Gasteiger partial charge in [-0.3, -0.25) is 4.98 Å². The lowest BCUT2D eigenvalue weighted by Crippen LogP contribution is -2.38. The maximum absolute atomic E-state index is 13.4. The Balaban J connectivity index is 1.62. The Labute approximate surface area is 152 Å². The summed E-state index contributed by atoms with van der Waals surface area (Å²) in [6, 6.07) is 6.59. The molecule has 25 heavy (non-hydrogen) atoms. The van der Waals surface area contributed by atoms with Gasteiger partial charge < -0.3 is 14.7 Å². The van der Waals surface area contributed by atoms with Gasteiger partial charge in [-0.05, 0) is 55.8 Å². The van der Waals surface area contributed by atoms with Gasteiger partial charge in [0.2, 0.25) is 0 Å². The van der Waals surface area contributed by atoms with Gasteiger partial charge in [0.1, 0.15) is 24.3 Å². The minimum Gasteiger partial charge on any atom is -0.491 e. The van der Waals surface area contributed by atoms with Crippen LogP contribution < -0.4 is 4.74 Å². The predicted molar refractivity (Wildman–Crippen MR) is 96.4 cm³/mol. The first-order chi connectivity index (χ1) is 12.1. The van der Waals surface area contributed by atoms with Gasteiger partial charge in [-0.2, -0.15) is 0 Å². The molecule has 1 aliphatic rings. The van der Waals surface area contributed by atoms with Gasteiger partial charge in [0.15, 0.2) is 0 Å². The number of aliphatic hydroxyl groups excluding tert-OH is 1. The van der Waals surface area contributed by atoms with E-state index in [4.69, 9.17) is 16.3 Å². The van der Waals surface area contributed by atoms with Crippen molar-refractivity contribution in [2.24, 2.45) is 0 Å². The molecule has 1 saturated heterocycles. The molecule has 1 N–H and O–H groups in total. The molecule has 2 aromatic rings. The minimum atomic E-state index is -0.559. The smallest absolute Gasteiger partial charge is 0.142 e. The topological polar surface area (TPSA) is 45.6 Å². The van der Waals surface area contributed by atoms with E-state index in [1.807, 2.05) is 0 Å². The molecule has 4 nitrogen and oxygen atoms in total. The summed E-state index contributed by atoms with van der Waals surface area (Å²) in [6.07, 6.45) is 5.81. The largest absolute Gasteiger partial charge is 0.491 e. The number of benzene rings is 1. The van der Waals surface area contributed by atoms with E-state index in [-0.39, 0.29) is 6.61 Å². The molecule has 1 unspecified atom stereocenters. The zero-order valence-electron chi connectivity index (χ0n) is 14.0. The highest BCUT2D eigenvalue weighted by Crippen LogP contribution is 2.28. The van der Waals surface area contributed by atoms with Crippen molar-refractivity contribution in [2.75, 3.05) is 26.2 Å². The molecule has 0 amide bonds. The van der Waals surface area contributed by atoms with Crippen LogP contribution in [-0.2, 0) is 0 Å². The van der Waals surface area contributed by atoms with Crippen molar-refractivity contribution in [2.45, 2.75) is 25.4 Å². The Morgan fingerprint density at radius 1 is 1.12 bits per heavy atom. The van der Waals surface area contributed by atoms with Crippen LogP contribution in [0.3, 0.4) is 0 Å². The Morgan fingerprint density at radius 3 is 2.68 bits per heavy atom. The Bertz CT molecular complexity index is 708. The fourth-order valence-corrected chi connectivity index (χ4v) is 3.29. The third-order valence-corrected chi connectivity index (χ3v) is 4.49. The van der Waals surface area contributed by atoms with E-state index in [9.17, 15) is 9.50 Å². The molecule has 6 heteroatoms. The zero-order valence-corrected chi connectivity index (χ0v) is 14.8. The van der Waals surface area contributed by atoms with E-state index in [2.05, 4.69) is 9.88 Å². The number of pyridine rings is 1. The molecular weight excluding hydrogens is 343 g/mol. The highest BCUT2D eigenvalue weighted by atomic mass is 35.5. The van der Waals surface area contributed by atoms with Gasteiger partial charge >= 0.3 is 0 Å². The molecule has 2 heterocycles. The summed E-state index contributed by atoms with van der Waals surface area (Å²) in [6.45, 7) is 2.87. The van der Waals surface area contributed by atoms with E-state index in [0.29, 0.717) is 22.9 Å². The normalized spacial score (nSPS) is 16.6. The third-order valence-electron chi connectivity index (χ3n) is 4.27. The number of halogens is 2. The van der Waals surface area contributed by atoms with Crippen LogP contribution in [0.15, 0.2) is 36.7 Å². The molecule has 1 aromatic carbocycles. The van der Waals surface area contributed by atoms with Crippen molar-refractivity contribution in [3.63, 3.8) is 0 Å². The molecule has 1 aromatic heterocycles. The first-order valence-corrected chi connectivity index (χ1v) is 8.93. The number of piperidine rings is 1. The van der Waals surface area contributed by atoms with Gasteiger partial charge in [0, 0.05) is 23.3 Å². The van der Waals surface area contributed by atoms with Crippen molar-refractivity contribution < 1.29 is 14.2 Å². The minimum absolute atomic E-state index is 0.192. The Morgan fingerprint density at radius 2 is 1.92 bits per heavy atom. The summed E-state index contributed by atoms with van der Waals surface area (Å²) in [5, 5.41) is 10.7. The molecule has 1 fully saturated rings. The Hall–Kier alpha value is -1.69. The van der Waals surface area contributed by atoms with Gasteiger partial charge in [0.25, 0.3) is 0 Å². The molecule has 0 radical (unpaired) electrons. The number of nitrogens with zero attached hydrogens (tertiary/aromatic N) is 2. The average Bonchev–Trinajstić information content (AvgIpc) is 2.60. The van der Waals surface area contributed by atoms with E-state index >= 15 is 0 Å². The maximum Gasteiger partial charge on any atom is 0.142 e. The predicted octanol–water partition coefficient (Wildman–Crippen LogP) is 3.77. The number of aromatic nitrogens is 1. The fourth-order valence-electron chi connectivity index (χ4n) is 3.07. The van der Waals surface area contributed by atoms with Crippen molar-refractivity contribution in [1.29, 1.82) is 0 Å². The highest BCUT2D eigenvalue weighted by molar-refractivity contribution is 6.31. The first-order valence-electron chi connectivity index (χ1n) is 8.55. The Kier molecular flexibility index (Phi) is 6.24. The third kappa shape index (κ3) is 5.39. The van der Waals surface area contributed by atoms with Crippen LogP contribution in [0.1, 0.15) is 19.3 Å². The van der Waals surface area contributed by atoms with Crippen LogP contribution in [0, 0.1) is 5.82 Å². The lowest BCUT2D eigenvalue weighted by atomic mass is 10.1. The summed E-state index contributed by atoms with van der Waals surface area (Å²) in [5.74, 6) is 0.140. The second-order valence-corrected chi connectivity index (χ2v) is 6.83. The lowest BCUT2D eigenvalue weighted by molar-refractivity contribution is 0.0617. The standard InChI is InChI=1S/C19H22ClFN2O2/c20-16-6-14(15-7-17(21)11-22-10-15)8-19(9-16)25-13-18(24)12-23-4-2-1-3-5-23/h6-11,18,24H,1-5,12-13H2. The van der Waals surface area contributed by atoms with Crippen molar-refractivity contribution in [3.05, 3.63) is 47.5 Å². The number of aliphatic hydroxyl groups is 1. The SMILES string of the molecule is OC(COc1cc(Cl)cc(-c2cncc(F)c2)c1)CN1CCCCC1. The maximum atomic E-state index is 13.4. The molecule has 3 rings (SSSR count). The van der Waals surface area contributed by atoms with Crippen molar-refractivity contribution in [3.8, 4) is 16.9 Å². The highest BCUT2D eigenvalue weighted by Gasteiger charge is 2.15. The number of ether oxygens (including phenoxy) is 1. The van der Waals surface area contributed by atoms with E-state index in [0.717, 1.165) is 24.8 Å². The van der Waals surface area contributed by atoms with Gasteiger partial charge in [-0.1, -0.05) is 18.0 Å². The quantitative estimate of drug-likeness (QED) is 0.847. The van der Waals surface area contributed by atoms with E-state index in [1.165, 1.54) is 25.3 Å². The second kappa shape index (κ2) is 8.61. The van der Waals surface area contributed by atoms with Crippen LogP contribution in [0.5, 0.6) is 5.75 Å². The van der Waals surface area contributed by atoms with Crippen LogP contribution >= 0.6 is 11.6 Å². The number of β-amino-alcohol motifs (C(OH)–C–C–N with tert-alkyl or cyclic N) is 1. The molecule has 0 saturated carbocycles. The monoisotopic (exact) mass is 364 g/mol. The summed E-state index contributed by atoms with van der Waals surface area (Å²) >= 11 is 6.15. The number of hydrogen-bond donors (Lipinski definition) is 1. The molecule has 0 spiro atoms. The molecule has 0 aliphatic carbocycles. The lowest BCUT2D eigenvalue weighted by Gasteiger charge is -2.28.